The monoisotopic (exact) mass is 253 g/mol. The molecular formula is C14H20ClNO. The molecule has 2 nitrogen and oxygen atoms in total. The van der Waals surface area contributed by atoms with Crippen LogP contribution in [0.25, 0.3) is 0 Å². The molecule has 0 amide bonds. The molecule has 1 N–H and O–H groups in total. The van der Waals surface area contributed by atoms with Crippen LogP contribution in [-0.4, -0.2) is 10.1 Å². The summed E-state index contributed by atoms with van der Waals surface area (Å²) in [7, 11) is 0. The van der Waals surface area contributed by atoms with Crippen LogP contribution in [0.15, 0.2) is 6.07 Å². The molecule has 0 saturated heterocycles. The van der Waals surface area contributed by atoms with E-state index in [0.717, 1.165) is 24.1 Å². The van der Waals surface area contributed by atoms with Crippen molar-refractivity contribution >= 4 is 11.6 Å². The molecule has 0 aliphatic heterocycles. The number of hydrogen-bond donors (Lipinski definition) is 1. The molecule has 1 aliphatic carbocycles. The quantitative estimate of drug-likeness (QED) is 0.779. The first-order valence-electron chi connectivity index (χ1n) is 6.20. The van der Waals surface area contributed by atoms with Gasteiger partial charge in [0.1, 0.15) is 5.15 Å². The van der Waals surface area contributed by atoms with Crippen LogP contribution in [0.1, 0.15) is 44.0 Å². The van der Waals surface area contributed by atoms with Gasteiger partial charge in [-0.3, -0.25) is 0 Å². The van der Waals surface area contributed by atoms with Crippen LogP contribution in [0.2, 0.25) is 5.15 Å². The maximum absolute atomic E-state index is 9.22. The first kappa shape index (κ1) is 12.8. The zero-order valence-electron chi connectivity index (χ0n) is 10.8. The summed E-state index contributed by atoms with van der Waals surface area (Å²) in [6, 6.07) is 2.03. The Labute approximate surface area is 108 Å². The normalized spacial score (nSPS) is 20.2. The van der Waals surface area contributed by atoms with Crippen molar-refractivity contribution in [1.82, 2.24) is 4.98 Å². The zero-order chi connectivity index (χ0) is 12.6. The predicted octanol–water partition coefficient (Wildman–Crippen LogP) is 3.38. The number of halogens is 1. The zero-order valence-corrected chi connectivity index (χ0v) is 11.5. The van der Waals surface area contributed by atoms with E-state index >= 15 is 0 Å². The molecule has 0 aromatic carbocycles. The van der Waals surface area contributed by atoms with Crippen LogP contribution in [0.4, 0.5) is 0 Å². The van der Waals surface area contributed by atoms with Crippen molar-refractivity contribution in [3.05, 3.63) is 28.0 Å². The summed E-state index contributed by atoms with van der Waals surface area (Å²) in [5.74, 6) is 0.685. The summed E-state index contributed by atoms with van der Waals surface area (Å²) < 4.78 is 0. The van der Waals surface area contributed by atoms with Crippen LogP contribution in [0, 0.1) is 11.3 Å². The number of aryl methyl sites for hydroxylation is 1. The van der Waals surface area contributed by atoms with E-state index < -0.39 is 0 Å². The minimum Gasteiger partial charge on any atom is -0.392 e. The molecule has 1 unspecified atom stereocenters. The van der Waals surface area contributed by atoms with Gasteiger partial charge < -0.3 is 5.11 Å². The Kier molecular flexibility index (Phi) is 3.46. The van der Waals surface area contributed by atoms with Gasteiger partial charge in [-0.05, 0) is 42.2 Å². The Morgan fingerprint density at radius 2 is 2.18 bits per heavy atom. The van der Waals surface area contributed by atoms with Gasteiger partial charge in [0, 0.05) is 11.3 Å². The number of aliphatic hydroxyl groups is 1. The number of nitrogens with zero attached hydrogens (tertiary/aromatic N) is 1. The largest absolute Gasteiger partial charge is 0.392 e. The molecule has 94 valence electrons. The number of hydrogen-bond acceptors (Lipinski definition) is 2. The lowest BCUT2D eigenvalue weighted by Crippen LogP contribution is -2.27. The third-order valence-corrected chi connectivity index (χ3v) is 4.14. The Balaban J connectivity index is 2.31. The maximum Gasteiger partial charge on any atom is 0.134 e. The van der Waals surface area contributed by atoms with Crippen LogP contribution in [0.5, 0.6) is 0 Å². The summed E-state index contributed by atoms with van der Waals surface area (Å²) in [5, 5.41) is 9.68. The molecule has 0 saturated carbocycles. The van der Waals surface area contributed by atoms with Crippen molar-refractivity contribution in [2.45, 2.75) is 46.6 Å². The molecule has 0 spiro atoms. The Bertz CT molecular complexity index is 423. The fourth-order valence-corrected chi connectivity index (χ4v) is 2.75. The van der Waals surface area contributed by atoms with E-state index in [-0.39, 0.29) is 6.61 Å². The van der Waals surface area contributed by atoms with Crippen molar-refractivity contribution in [3.63, 3.8) is 0 Å². The molecule has 1 aromatic heterocycles. The van der Waals surface area contributed by atoms with Crippen molar-refractivity contribution in [3.8, 4) is 0 Å². The highest BCUT2D eigenvalue weighted by Gasteiger charge is 2.29. The van der Waals surface area contributed by atoms with Gasteiger partial charge in [0.05, 0.1) is 6.61 Å². The molecule has 2 rings (SSSR count). The minimum atomic E-state index is -0.0285. The minimum absolute atomic E-state index is 0.0285. The molecule has 1 heterocycles. The SMILES string of the molecule is CC(C)(C)C1CCc2nc(Cl)c(CO)cc2C1. The summed E-state index contributed by atoms with van der Waals surface area (Å²) in [6.07, 6.45) is 3.23. The van der Waals surface area contributed by atoms with Gasteiger partial charge in [0.2, 0.25) is 0 Å². The maximum atomic E-state index is 9.22. The van der Waals surface area contributed by atoms with Crippen LogP contribution in [-0.2, 0) is 19.4 Å². The second-order valence-corrected chi connectivity index (χ2v) is 6.37. The third kappa shape index (κ3) is 2.63. The van der Waals surface area contributed by atoms with Crippen molar-refractivity contribution in [1.29, 1.82) is 0 Å². The highest BCUT2D eigenvalue weighted by Crippen LogP contribution is 2.37. The van der Waals surface area contributed by atoms with Crippen LogP contribution >= 0.6 is 11.6 Å². The van der Waals surface area contributed by atoms with Gasteiger partial charge in [0.15, 0.2) is 0 Å². The number of fused-ring (bicyclic) bond motifs is 1. The lowest BCUT2D eigenvalue weighted by Gasteiger charge is -2.34. The van der Waals surface area contributed by atoms with E-state index in [2.05, 4.69) is 25.8 Å². The fraction of sp³-hybridized carbons (Fsp3) is 0.643. The lowest BCUT2D eigenvalue weighted by molar-refractivity contribution is 0.214. The molecule has 1 atom stereocenters. The lowest BCUT2D eigenvalue weighted by atomic mass is 9.71. The van der Waals surface area contributed by atoms with E-state index in [1.165, 1.54) is 12.0 Å². The first-order chi connectivity index (χ1) is 7.91. The first-order valence-corrected chi connectivity index (χ1v) is 6.57. The van der Waals surface area contributed by atoms with Crippen molar-refractivity contribution in [2.24, 2.45) is 11.3 Å². The topological polar surface area (TPSA) is 33.1 Å². The summed E-state index contributed by atoms with van der Waals surface area (Å²) in [6.45, 7) is 6.84. The van der Waals surface area contributed by atoms with Gasteiger partial charge >= 0.3 is 0 Å². The van der Waals surface area contributed by atoms with Gasteiger partial charge in [0.25, 0.3) is 0 Å². The Hall–Kier alpha value is -0.600. The fourth-order valence-electron chi connectivity index (χ4n) is 2.54. The Morgan fingerprint density at radius 3 is 2.76 bits per heavy atom. The van der Waals surface area contributed by atoms with E-state index in [4.69, 9.17) is 11.6 Å². The third-order valence-electron chi connectivity index (χ3n) is 3.81. The van der Waals surface area contributed by atoms with E-state index in [1.54, 1.807) is 0 Å². The highest BCUT2D eigenvalue weighted by atomic mass is 35.5. The smallest absolute Gasteiger partial charge is 0.134 e. The Morgan fingerprint density at radius 1 is 1.47 bits per heavy atom. The second-order valence-electron chi connectivity index (χ2n) is 6.01. The van der Waals surface area contributed by atoms with Crippen LogP contribution < -0.4 is 0 Å². The molecule has 3 heteroatoms. The average Bonchev–Trinajstić information content (AvgIpc) is 2.26. The average molecular weight is 254 g/mol. The summed E-state index contributed by atoms with van der Waals surface area (Å²) in [4.78, 5) is 4.41. The summed E-state index contributed by atoms with van der Waals surface area (Å²) in [5.41, 5.74) is 3.47. The van der Waals surface area contributed by atoms with Gasteiger partial charge in [-0.25, -0.2) is 4.98 Å². The number of aromatic nitrogens is 1. The number of pyridine rings is 1. The van der Waals surface area contributed by atoms with E-state index in [1.807, 2.05) is 6.07 Å². The number of rotatable bonds is 1. The van der Waals surface area contributed by atoms with Crippen molar-refractivity contribution < 1.29 is 5.11 Å². The van der Waals surface area contributed by atoms with Gasteiger partial charge in [-0.2, -0.15) is 0 Å². The van der Waals surface area contributed by atoms with Gasteiger partial charge in [-0.1, -0.05) is 32.4 Å². The molecule has 17 heavy (non-hydrogen) atoms. The molecule has 0 fully saturated rings. The molecule has 0 radical (unpaired) electrons. The molecule has 1 aliphatic rings. The number of aliphatic hydroxyl groups excluding tert-OH is 1. The standard InChI is InChI=1S/C14H20ClNO/c1-14(2,3)11-4-5-12-9(7-11)6-10(8-17)13(15)16-12/h6,11,17H,4-5,7-8H2,1-3H3. The molecule has 1 aromatic rings. The summed E-state index contributed by atoms with van der Waals surface area (Å²) >= 11 is 6.02. The molecule has 0 bridgehead atoms. The van der Waals surface area contributed by atoms with Crippen LogP contribution in [0.3, 0.4) is 0 Å². The van der Waals surface area contributed by atoms with Crippen molar-refractivity contribution in [2.75, 3.05) is 0 Å². The highest BCUT2D eigenvalue weighted by molar-refractivity contribution is 6.30. The van der Waals surface area contributed by atoms with Gasteiger partial charge in [-0.15, -0.1) is 0 Å². The molecular weight excluding hydrogens is 234 g/mol. The van der Waals surface area contributed by atoms with E-state index in [0.29, 0.717) is 16.5 Å². The predicted molar refractivity (Wildman–Crippen MR) is 70.1 cm³/mol. The second kappa shape index (κ2) is 4.58. The van der Waals surface area contributed by atoms with E-state index in [9.17, 15) is 5.11 Å².